The highest BCUT2D eigenvalue weighted by Gasteiger charge is 2.48. The number of hydrogen-bond donors (Lipinski definition) is 5. The van der Waals surface area contributed by atoms with Crippen LogP contribution in [0.1, 0.15) is 75.8 Å². The number of rotatable bonds is 3. The summed E-state index contributed by atoms with van der Waals surface area (Å²) < 4.78 is 11.9. The van der Waals surface area contributed by atoms with E-state index in [9.17, 15) is 29.7 Å². The van der Waals surface area contributed by atoms with E-state index in [-0.39, 0.29) is 58.4 Å². The number of aromatic hydroxyl groups is 2. The lowest BCUT2D eigenvalue weighted by molar-refractivity contribution is -0.243. The van der Waals surface area contributed by atoms with E-state index in [2.05, 4.69) is 0 Å². The van der Waals surface area contributed by atoms with E-state index in [0.29, 0.717) is 0 Å². The zero-order valence-corrected chi connectivity index (χ0v) is 19.9. The van der Waals surface area contributed by atoms with Crippen LogP contribution in [0.25, 0.3) is 0 Å². The molecule has 0 amide bonds. The van der Waals surface area contributed by atoms with E-state index in [1.165, 1.54) is 19.1 Å². The fourth-order valence-electron chi connectivity index (χ4n) is 5.47. The van der Waals surface area contributed by atoms with E-state index in [1.807, 2.05) is 0 Å². The van der Waals surface area contributed by atoms with Crippen LogP contribution in [0.2, 0.25) is 0 Å². The summed E-state index contributed by atoms with van der Waals surface area (Å²) in [5, 5.41) is 32.8. The summed E-state index contributed by atoms with van der Waals surface area (Å²) in [7, 11) is 0. The molecule has 0 spiro atoms. The third-order valence-corrected chi connectivity index (χ3v) is 7.59. The standard InChI is InChI=1S/C26H28N2O8/c1-10-21(30)15(27)7-17(35-10)36-16-9-26(28,11(2)29)8-14-18(16)25(34)20-19(24(14)33)22(31)12-5-3-4-6-13(12)23(20)32/h3-6,10,15-17,21,30,33-34H,7-9,27-28H2,1-2H3/t10-,15-,16-,17-,21+,26-/m0/s1. The third-order valence-electron chi connectivity index (χ3n) is 7.59. The molecule has 1 heterocycles. The highest BCUT2D eigenvalue weighted by molar-refractivity contribution is 6.30. The molecule has 5 rings (SSSR count). The van der Waals surface area contributed by atoms with Crippen LogP contribution in [-0.2, 0) is 20.7 Å². The smallest absolute Gasteiger partial charge is 0.198 e. The first-order chi connectivity index (χ1) is 16.9. The van der Waals surface area contributed by atoms with Gasteiger partial charge in [0.1, 0.15) is 17.3 Å². The van der Waals surface area contributed by atoms with Crippen LogP contribution in [0.4, 0.5) is 0 Å². The average molecular weight is 497 g/mol. The number of phenolic OH excluding ortho intramolecular Hbond substituents is 2. The molecule has 10 nitrogen and oxygen atoms in total. The van der Waals surface area contributed by atoms with Gasteiger partial charge in [-0.25, -0.2) is 0 Å². The number of aliphatic hydroxyl groups excluding tert-OH is 1. The number of aliphatic hydroxyl groups is 1. The van der Waals surface area contributed by atoms with Crippen LogP contribution >= 0.6 is 0 Å². The molecular formula is C26H28N2O8. The largest absolute Gasteiger partial charge is 0.507 e. The maximum Gasteiger partial charge on any atom is 0.198 e. The van der Waals surface area contributed by atoms with Crippen molar-refractivity contribution >= 4 is 17.3 Å². The molecule has 0 aromatic heterocycles. The lowest BCUT2D eigenvalue weighted by Crippen LogP contribution is -2.54. The molecule has 0 unspecified atom stereocenters. The maximum atomic E-state index is 13.4. The molecule has 2 aliphatic carbocycles. The Morgan fingerprint density at radius 2 is 1.69 bits per heavy atom. The quantitative estimate of drug-likeness (QED) is 0.328. The number of ketones is 3. The van der Waals surface area contributed by atoms with Crippen molar-refractivity contribution in [1.29, 1.82) is 0 Å². The predicted octanol–water partition coefficient (Wildman–Crippen LogP) is 0.987. The summed E-state index contributed by atoms with van der Waals surface area (Å²) in [4.78, 5) is 39.2. The highest BCUT2D eigenvalue weighted by atomic mass is 16.7. The summed E-state index contributed by atoms with van der Waals surface area (Å²) in [6.07, 6.45) is -3.66. The first-order valence-corrected chi connectivity index (χ1v) is 11.8. The average Bonchev–Trinajstić information content (AvgIpc) is 2.82. The van der Waals surface area contributed by atoms with Crippen molar-refractivity contribution in [3.8, 4) is 11.5 Å². The van der Waals surface area contributed by atoms with Gasteiger partial charge >= 0.3 is 0 Å². The fourth-order valence-corrected chi connectivity index (χ4v) is 5.47. The van der Waals surface area contributed by atoms with Gasteiger partial charge in [0.05, 0.1) is 35.0 Å². The Morgan fingerprint density at radius 3 is 2.25 bits per heavy atom. The van der Waals surface area contributed by atoms with Crippen LogP contribution < -0.4 is 11.5 Å². The first kappa shape index (κ1) is 24.5. The summed E-state index contributed by atoms with van der Waals surface area (Å²) in [6.45, 7) is 2.95. The van der Waals surface area contributed by atoms with E-state index >= 15 is 0 Å². The molecule has 1 saturated heterocycles. The van der Waals surface area contributed by atoms with E-state index in [1.54, 1.807) is 19.1 Å². The van der Waals surface area contributed by atoms with Gasteiger partial charge in [0.25, 0.3) is 0 Å². The topological polar surface area (TPSA) is 182 Å². The second kappa shape index (κ2) is 8.46. The number of Topliss-reactive ketones (excluding diaryl/α,β-unsaturated/α-hetero) is 1. The molecule has 0 saturated carbocycles. The number of hydrogen-bond acceptors (Lipinski definition) is 10. The summed E-state index contributed by atoms with van der Waals surface area (Å²) in [5.74, 6) is -2.63. The van der Waals surface area contributed by atoms with Gasteiger partial charge < -0.3 is 36.3 Å². The maximum absolute atomic E-state index is 13.4. The number of carbonyl (C=O) groups is 3. The minimum atomic E-state index is -1.47. The third kappa shape index (κ3) is 3.56. The fraction of sp³-hybridized carbons (Fsp3) is 0.423. The Balaban J connectivity index is 1.66. The summed E-state index contributed by atoms with van der Waals surface area (Å²) in [5.41, 5.74) is 10.7. The molecule has 2 aromatic rings. The van der Waals surface area contributed by atoms with Crippen LogP contribution in [-0.4, -0.2) is 62.7 Å². The van der Waals surface area contributed by atoms with Crippen LogP contribution in [0.15, 0.2) is 24.3 Å². The molecule has 36 heavy (non-hydrogen) atoms. The number of ether oxygens (including phenoxy) is 2. The number of benzene rings is 2. The van der Waals surface area contributed by atoms with Gasteiger partial charge in [-0.15, -0.1) is 0 Å². The van der Waals surface area contributed by atoms with Crippen LogP contribution in [0.5, 0.6) is 11.5 Å². The molecular weight excluding hydrogens is 468 g/mol. The van der Waals surface area contributed by atoms with Crippen molar-refractivity contribution in [2.45, 2.75) is 69.3 Å². The minimum absolute atomic E-state index is 0.0638. The molecule has 6 atom stereocenters. The lowest BCUT2D eigenvalue weighted by Gasteiger charge is -2.42. The van der Waals surface area contributed by atoms with E-state index < -0.39 is 59.2 Å². The zero-order valence-electron chi connectivity index (χ0n) is 19.9. The molecule has 0 radical (unpaired) electrons. The van der Waals surface area contributed by atoms with Crippen LogP contribution in [0, 0.1) is 0 Å². The van der Waals surface area contributed by atoms with E-state index in [4.69, 9.17) is 20.9 Å². The van der Waals surface area contributed by atoms with Gasteiger partial charge in [0.2, 0.25) is 0 Å². The molecule has 1 fully saturated rings. The van der Waals surface area contributed by atoms with Crippen molar-refractivity contribution in [3.05, 3.63) is 57.6 Å². The van der Waals surface area contributed by atoms with Crippen molar-refractivity contribution in [2.75, 3.05) is 0 Å². The number of nitrogens with two attached hydrogens (primary N) is 2. The number of carbonyl (C=O) groups excluding carboxylic acids is 3. The normalized spacial score (nSPS) is 31.4. The molecule has 190 valence electrons. The van der Waals surface area contributed by atoms with Crippen molar-refractivity contribution in [2.24, 2.45) is 11.5 Å². The molecule has 10 heteroatoms. The molecule has 1 aliphatic heterocycles. The molecule has 3 aliphatic rings. The van der Waals surface area contributed by atoms with Crippen molar-refractivity contribution < 1.29 is 39.2 Å². The van der Waals surface area contributed by atoms with Gasteiger partial charge in [-0.05, 0) is 13.8 Å². The van der Waals surface area contributed by atoms with Gasteiger partial charge in [-0.3, -0.25) is 14.4 Å². The van der Waals surface area contributed by atoms with Crippen LogP contribution in [0.3, 0.4) is 0 Å². The molecule has 7 N–H and O–H groups in total. The van der Waals surface area contributed by atoms with Gasteiger partial charge in [-0.2, -0.15) is 0 Å². The minimum Gasteiger partial charge on any atom is -0.507 e. The van der Waals surface area contributed by atoms with Crippen molar-refractivity contribution in [3.63, 3.8) is 0 Å². The highest BCUT2D eigenvalue weighted by Crippen LogP contribution is 2.51. The Hall–Kier alpha value is -3.15. The summed E-state index contributed by atoms with van der Waals surface area (Å²) >= 11 is 0. The Kier molecular flexibility index (Phi) is 5.77. The Bertz CT molecular complexity index is 1300. The van der Waals surface area contributed by atoms with Gasteiger partial charge in [-0.1, -0.05) is 24.3 Å². The predicted molar refractivity (Wildman–Crippen MR) is 126 cm³/mol. The SMILES string of the molecule is CC(=O)[C@]1(N)Cc2c(O)c3c(c(O)c2[C@@H](O[C@H]2C[C@H](N)[C@H](O)[C@H](C)O2)C1)C(=O)c1ccccc1C3=O. The second-order valence-corrected chi connectivity index (χ2v) is 9.92. The first-order valence-electron chi connectivity index (χ1n) is 11.8. The second-order valence-electron chi connectivity index (χ2n) is 9.92. The van der Waals surface area contributed by atoms with Gasteiger partial charge in [0.15, 0.2) is 17.9 Å². The monoisotopic (exact) mass is 496 g/mol. The Morgan fingerprint density at radius 1 is 1.11 bits per heavy atom. The molecule has 0 bridgehead atoms. The zero-order chi connectivity index (χ0) is 26.1. The number of phenols is 2. The summed E-state index contributed by atoms with van der Waals surface area (Å²) in [6, 6.07) is 5.51. The lowest BCUT2D eigenvalue weighted by atomic mass is 9.71. The van der Waals surface area contributed by atoms with Gasteiger partial charge in [0, 0.05) is 47.6 Å². The number of fused-ring (bicyclic) bond motifs is 3. The van der Waals surface area contributed by atoms with E-state index in [0.717, 1.165) is 0 Å². The van der Waals surface area contributed by atoms with Crippen molar-refractivity contribution in [1.82, 2.24) is 0 Å². The Labute approximate surface area is 206 Å². The molecule has 2 aromatic carbocycles.